The van der Waals surface area contributed by atoms with Gasteiger partial charge in [-0.1, -0.05) is 23.2 Å². The van der Waals surface area contributed by atoms with Crippen molar-refractivity contribution in [3.63, 3.8) is 0 Å². The summed E-state index contributed by atoms with van der Waals surface area (Å²) in [5, 5.41) is 8.61. The third kappa shape index (κ3) is 2.78. The Morgan fingerprint density at radius 2 is 1.90 bits per heavy atom. The highest BCUT2D eigenvalue weighted by atomic mass is 35.5. The molecule has 9 heteroatoms. The molecule has 1 aromatic carbocycles. The molecular formula is C12H12Cl2N4O2S. The first-order valence-electron chi connectivity index (χ1n) is 6.29. The molecule has 1 aliphatic rings. The van der Waals surface area contributed by atoms with E-state index in [0.717, 1.165) is 0 Å². The second-order valence-electron chi connectivity index (χ2n) is 4.73. The Kier molecular flexibility index (Phi) is 3.92. The van der Waals surface area contributed by atoms with Crippen LogP contribution in [0, 0.1) is 0 Å². The molecule has 2 heterocycles. The van der Waals surface area contributed by atoms with Gasteiger partial charge in [-0.05, 0) is 24.6 Å². The number of rotatable bonds is 3. The Bertz CT molecular complexity index is 749. The van der Waals surface area contributed by atoms with Crippen LogP contribution in [-0.2, 0) is 10.0 Å². The molecule has 1 atom stereocenters. The van der Waals surface area contributed by atoms with Crippen LogP contribution in [0.15, 0.2) is 35.5 Å². The van der Waals surface area contributed by atoms with Crippen LogP contribution in [0.1, 0.15) is 12.5 Å². The molecule has 21 heavy (non-hydrogen) atoms. The molecule has 0 spiro atoms. The Balaban J connectivity index is 1.88. The first-order valence-corrected chi connectivity index (χ1v) is 8.49. The predicted molar refractivity (Wildman–Crippen MR) is 78.9 cm³/mol. The molecule has 1 aromatic heterocycles. The van der Waals surface area contributed by atoms with Gasteiger partial charge in [0.2, 0.25) is 10.0 Å². The van der Waals surface area contributed by atoms with Gasteiger partial charge in [-0.15, -0.1) is 0 Å². The van der Waals surface area contributed by atoms with Gasteiger partial charge >= 0.3 is 0 Å². The van der Waals surface area contributed by atoms with Crippen LogP contribution in [0.4, 0.5) is 0 Å². The lowest BCUT2D eigenvalue weighted by Gasteiger charge is -2.17. The van der Waals surface area contributed by atoms with Crippen LogP contribution in [0.3, 0.4) is 0 Å². The van der Waals surface area contributed by atoms with Crippen molar-refractivity contribution in [2.75, 3.05) is 13.1 Å². The Morgan fingerprint density at radius 3 is 2.62 bits per heavy atom. The number of hydrogen-bond acceptors (Lipinski definition) is 4. The monoisotopic (exact) mass is 346 g/mol. The lowest BCUT2D eigenvalue weighted by atomic mass is 10.3. The van der Waals surface area contributed by atoms with E-state index in [-0.39, 0.29) is 16.0 Å². The van der Waals surface area contributed by atoms with Crippen LogP contribution in [0.2, 0.25) is 10.0 Å². The fourth-order valence-electron chi connectivity index (χ4n) is 2.35. The molecular weight excluding hydrogens is 335 g/mol. The van der Waals surface area contributed by atoms with Crippen molar-refractivity contribution in [1.82, 2.24) is 19.3 Å². The van der Waals surface area contributed by atoms with Crippen LogP contribution in [-0.4, -0.2) is 40.8 Å². The molecule has 0 amide bonds. The minimum Gasteiger partial charge on any atom is -0.207 e. The fourth-order valence-corrected chi connectivity index (χ4v) is 4.58. The third-order valence-corrected chi connectivity index (χ3v) is 5.98. The van der Waals surface area contributed by atoms with Gasteiger partial charge in [-0.25, -0.2) is 8.42 Å². The van der Waals surface area contributed by atoms with E-state index in [9.17, 15) is 8.42 Å². The highest BCUT2D eigenvalue weighted by molar-refractivity contribution is 7.89. The zero-order valence-electron chi connectivity index (χ0n) is 10.9. The fraction of sp³-hybridized carbons (Fsp3) is 0.333. The second-order valence-corrected chi connectivity index (χ2v) is 7.48. The van der Waals surface area contributed by atoms with Crippen molar-refractivity contribution in [2.24, 2.45) is 0 Å². The van der Waals surface area contributed by atoms with E-state index in [4.69, 9.17) is 23.2 Å². The number of nitrogens with zero attached hydrogens (tertiary/aromatic N) is 4. The van der Waals surface area contributed by atoms with E-state index >= 15 is 0 Å². The van der Waals surface area contributed by atoms with E-state index in [1.165, 1.54) is 21.2 Å². The third-order valence-electron chi connectivity index (χ3n) is 3.40. The molecule has 0 N–H and O–H groups in total. The van der Waals surface area contributed by atoms with Gasteiger partial charge in [-0.3, -0.25) is 0 Å². The van der Waals surface area contributed by atoms with Crippen molar-refractivity contribution >= 4 is 33.2 Å². The summed E-state index contributed by atoms with van der Waals surface area (Å²) in [7, 11) is -3.67. The molecule has 0 radical (unpaired) electrons. The van der Waals surface area contributed by atoms with E-state index in [2.05, 4.69) is 10.2 Å². The number of halogens is 2. The summed E-state index contributed by atoms with van der Waals surface area (Å²) in [6, 6.07) is 4.36. The van der Waals surface area contributed by atoms with Crippen molar-refractivity contribution in [2.45, 2.75) is 17.4 Å². The largest absolute Gasteiger partial charge is 0.244 e. The normalized spacial score (nSPS) is 20.0. The molecule has 1 unspecified atom stereocenters. The van der Waals surface area contributed by atoms with Gasteiger partial charge in [0.15, 0.2) is 0 Å². The molecule has 112 valence electrons. The minimum atomic E-state index is -3.67. The summed E-state index contributed by atoms with van der Waals surface area (Å²) < 4.78 is 26.7. The first-order chi connectivity index (χ1) is 9.98. The molecule has 3 rings (SSSR count). The zero-order chi connectivity index (χ0) is 15.0. The van der Waals surface area contributed by atoms with Gasteiger partial charge in [0, 0.05) is 18.1 Å². The lowest BCUT2D eigenvalue weighted by Crippen LogP contribution is -2.29. The quantitative estimate of drug-likeness (QED) is 0.854. The van der Waals surface area contributed by atoms with Crippen LogP contribution in [0.5, 0.6) is 0 Å². The maximum atomic E-state index is 12.7. The van der Waals surface area contributed by atoms with Crippen molar-refractivity contribution in [1.29, 1.82) is 0 Å². The summed E-state index contributed by atoms with van der Waals surface area (Å²) in [4.78, 5) is 1.57. The number of aromatic nitrogens is 3. The highest BCUT2D eigenvalue weighted by Gasteiger charge is 2.35. The maximum Gasteiger partial charge on any atom is 0.244 e. The van der Waals surface area contributed by atoms with Gasteiger partial charge in [0.1, 0.15) is 4.90 Å². The molecule has 1 saturated heterocycles. The molecule has 2 aromatic rings. The SMILES string of the molecule is O=S(=O)(c1cc(Cl)ccc1Cl)N1CCC(n2nccn2)C1. The van der Waals surface area contributed by atoms with Crippen LogP contribution >= 0.6 is 23.2 Å². The standard InChI is InChI=1S/C12H12Cl2N4O2S/c13-9-1-2-11(14)12(7-9)21(19,20)17-6-3-10(8-17)18-15-4-5-16-18/h1-2,4-5,7,10H,3,6,8H2. The molecule has 0 saturated carbocycles. The van der Waals surface area contributed by atoms with Crippen molar-refractivity contribution < 1.29 is 8.42 Å². The van der Waals surface area contributed by atoms with Crippen LogP contribution in [0.25, 0.3) is 0 Å². The van der Waals surface area contributed by atoms with E-state index in [1.807, 2.05) is 0 Å². The summed E-state index contributed by atoms with van der Waals surface area (Å²) in [5.74, 6) is 0. The zero-order valence-corrected chi connectivity index (χ0v) is 13.2. The van der Waals surface area contributed by atoms with Gasteiger partial charge in [0.05, 0.1) is 23.5 Å². The lowest BCUT2D eigenvalue weighted by molar-refractivity contribution is 0.402. The second kappa shape index (κ2) is 5.57. The summed E-state index contributed by atoms with van der Waals surface area (Å²) in [5.41, 5.74) is 0. The molecule has 1 fully saturated rings. The topological polar surface area (TPSA) is 68.1 Å². The Labute approximate surface area is 132 Å². The predicted octanol–water partition coefficient (Wildman–Crippen LogP) is 2.22. The van der Waals surface area contributed by atoms with Gasteiger partial charge < -0.3 is 0 Å². The van der Waals surface area contributed by atoms with Crippen molar-refractivity contribution in [3.8, 4) is 0 Å². The highest BCUT2D eigenvalue weighted by Crippen LogP contribution is 2.31. The molecule has 0 aliphatic carbocycles. The Hall–Kier alpha value is -1.15. The summed E-state index contributed by atoms with van der Waals surface area (Å²) >= 11 is 11.9. The van der Waals surface area contributed by atoms with E-state index < -0.39 is 10.0 Å². The van der Waals surface area contributed by atoms with Gasteiger partial charge in [0.25, 0.3) is 0 Å². The van der Waals surface area contributed by atoms with E-state index in [0.29, 0.717) is 24.5 Å². The average Bonchev–Trinajstić information content (AvgIpc) is 3.11. The maximum absolute atomic E-state index is 12.7. The molecule has 6 nitrogen and oxygen atoms in total. The minimum absolute atomic E-state index is 0.0331. The van der Waals surface area contributed by atoms with Gasteiger partial charge in [-0.2, -0.15) is 19.3 Å². The van der Waals surface area contributed by atoms with Crippen LogP contribution < -0.4 is 0 Å². The number of sulfonamides is 1. The average molecular weight is 347 g/mol. The molecule has 1 aliphatic heterocycles. The number of benzene rings is 1. The smallest absolute Gasteiger partial charge is 0.207 e. The first kappa shape index (κ1) is 14.8. The Morgan fingerprint density at radius 1 is 1.19 bits per heavy atom. The summed E-state index contributed by atoms with van der Waals surface area (Å²) in [6.07, 6.45) is 3.81. The summed E-state index contributed by atoms with van der Waals surface area (Å²) in [6.45, 7) is 0.719. The molecule has 0 bridgehead atoms. The van der Waals surface area contributed by atoms with Crippen molar-refractivity contribution in [3.05, 3.63) is 40.6 Å². The van der Waals surface area contributed by atoms with E-state index in [1.54, 1.807) is 18.5 Å². The number of hydrogen-bond donors (Lipinski definition) is 0.